The van der Waals surface area contributed by atoms with Gasteiger partial charge in [-0.3, -0.25) is 0 Å². The van der Waals surface area contributed by atoms with Gasteiger partial charge in [0.05, 0.1) is 13.3 Å². The Morgan fingerprint density at radius 2 is 1.81 bits per heavy atom. The highest BCUT2D eigenvalue weighted by atomic mass is 32.2. The van der Waals surface area contributed by atoms with Crippen LogP contribution in [0.25, 0.3) is 11.5 Å². The van der Waals surface area contributed by atoms with Crippen LogP contribution >= 0.6 is 11.8 Å². The molecule has 136 valence electrons. The molecule has 0 unspecified atom stereocenters. The number of ether oxygens (including phenoxy) is 1. The third kappa shape index (κ3) is 3.64. The molecule has 3 rings (SSSR count). The molecule has 0 atom stereocenters. The van der Waals surface area contributed by atoms with Crippen LogP contribution in [0.5, 0.6) is 5.88 Å². The molecule has 6 nitrogen and oxygen atoms in total. The number of nitrogens with zero attached hydrogens (tertiary/aromatic N) is 5. The van der Waals surface area contributed by atoms with Gasteiger partial charge < -0.3 is 4.74 Å². The van der Waals surface area contributed by atoms with Crippen LogP contribution < -0.4 is 4.74 Å². The number of hydrogen-bond donors (Lipinski definition) is 0. The average molecular weight is 381 g/mol. The first-order valence-electron chi connectivity index (χ1n) is 7.42. The average Bonchev–Trinajstić information content (AvgIpc) is 3.01. The van der Waals surface area contributed by atoms with Crippen LogP contribution in [-0.2, 0) is 13.2 Å². The second-order valence-electron chi connectivity index (χ2n) is 5.39. The lowest BCUT2D eigenvalue weighted by atomic mass is 10.2. The number of aromatic nitrogens is 5. The van der Waals surface area contributed by atoms with Crippen LogP contribution in [0.1, 0.15) is 11.1 Å². The topological polar surface area (TPSA) is 65.7 Å². The van der Waals surface area contributed by atoms with Crippen molar-refractivity contribution in [3.63, 3.8) is 0 Å². The zero-order chi connectivity index (χ0) is 18.9. The first kappa shape index (κ1) is 18.2. The number of halogens is 3. The summed E-state index contributed by atoms with van der Waals surface area (Å²) < 4.78 is 47.1. The number of aryl methyl sites for hydroxylation is 2. The maximum Gasteiger partial charge on any atom is 0.424 e. The minimum absolute atomic E-state index is 0.0527. The van der Waals surface area contributed by atoms with Crippen molar-refractivity contribution in [3.8, 4) is 17.4 Å². The SMILES string of the molecule is COc1nc(-c2cnnn2C)nc(Sc2ccc(C)cc2)c1C(F)(F)F. The summed E-state index contributed by atoms with van der Waals surface area (Å²) in [5, 5.41) is 7.23. The van der Waals surface area contributed by atoms with Gasteiger partial charge in [0, 0.05) is 11.9 Å². The molecule has 0 fully saturated rings. The first-order valence-corrected chi connectivity index (χ1v) is 8.24. The van der Waals surface area contributed by atoms with Gasteiger partial charge in [-0.15, -0.1) is 5.10 Å². The second-order valence-corrected chi connectivity index (χ2v) is 6.45. The predicted octanol–water partition coefficient (Wildman–Crippen LogP) is 3.76. The van der Waals surface area contributed by atoms with Crippen molar-refractivity contribution in [2.75, 3.05) is 7.11 Å². The molecule has 0 aliphatic rings. The zero-order valence-corrected chi connectivity index (χ0v) is 14.9. The molecule has 26 heavy (non-hydrogen) atoms. The Balaban J connectivity index is 2.17. The lowest BCUT2D eigenvalue weighted by molar-refractivity contribution is -0.141. The van der Waals surface area contributed by atoms with Gasteiger partial charge in [0.1, 0.15) is 10.7 Å². The molecule has 0 saturated carbocycles. The van der Waals surface area contributed by atoms with Crippen LogP contribution in [0.4, 0.5) is 13.2 Å². The van der Waals surface area contributed by atoms with Crippen molar-refractivity contribution in [2.45, 2.75) is 23.0 Å². The summed E-state index contributed by atoms with van der Waals surface area (Å²) in [4.78, 5) is 8.65. The molecule has 0 aliphatic carbocycles. The summed E-state index contributed by atoms with van der Waals surface area (Å²) in [7, 11) is 2.74. The lowest BCUT2D eigenvalue weighted by Gasteiger charge is -2.16. The summed E-state index contributed by atoms with van der Waals surface area (Å²) in [6, 6.07) is 7.11. The molecule has 0 amide bonds. The number of methoxy groups -OCH3 is 1. The van der Waals surface area contributed by atoms with Gasteiger partial charge in [0.2, 0.25) is 5.88 Å². The summed E-state index contributed by atoms with van der Waals surface area (Å²) >= 11 is 0.895. The summed E-state index contributed by atoms with van der Waals surface area (Å²) in [5.74, 6) is -0.490. The van der Waals surface area contributed by atoms with E-state index in [1.165, 1.54) is 10.9 Å². The van der Waals surface area contributed by atoms with Crippen molar-refractivity contribution in [2.24, 2.45) is 7.05 Å². The Morgan fingerprint density at radius 1 is 1.12 bits per heavy atom. The van der Waals surface area contributed by atoms with Gasteiger partial charge in [-0.25, -0.2) is 9.67 Å². The van der Waals surface area contributed by atoms with Crippen LogP contribution in [-0.4, -0.2) is 32.1 Å². The summed E-state index contributed by atoms with van der Waals surface area (Å²) in [5.41, 5.74) is 0.375. The van der Waals surface area contributed by atoms with Crippen molar-refractivity contribution in [1.29, 1.82) is 0 Å². The smallest absolute Gasteiger partial charge is 0.424 e. The van der Waals surface area contributed by atoms with E-state index in [4.69, 9.17) is 4.74 Å². The number of benzene rings is 1. The maximum atomic E-state index is 13.6. The number of hydrogen-bond acceptors (Lipinski definition) is 6. The highest BCUT2D eigenvalue weighted by molar-refractivity contribution is 7.99. The molecule has 0 radical (unpaired) electrons. The van der Waals surface area contributed by atoms with E-state index < -0.39 is 17.6 Å². The van der Waals surface area contributed by atoms with Gasteiger partial charge >= 0.3 is 6.18 Å². The normalized spacial score (nSPS) is 11.6. The van der Waals surface area contributed by atoms with E-state index in [-0.39, 0.29) is 10.9 Å². The fourth-order valence-corrected chi connectivity index (χ4v) is 3.14. The monoisotopic (exact) mass is 381 g/mol. The van der Waals surface area contributed by atoms with E-state index in [0.717, 1.165) is 24.4 Å². The minimum atomic E-state index is -4.67. The Labute approximate surface area is 151 Å². The molecule has 3 aromatic rings. The Hall–Kier alpha value is -2.62. The van der Waals surface area contributed by atoms with Crippen LogP contribution in [0.2, 0.25) is 0 Å². The molecular formula is C16H14F3N5OS. The van der Waals surface area contributed by atoms with Gasteiger partial charge in [-0.05, 0) is 19.1 Å². The molecular weight excluding hydrogens is 367 g/mol. The minimum Gasteiger partial charge on any atom is -0.480 e. The van der Waals surface area contributed by atoms with Crippen molar-refractivity contribution >= 4 is 11.8 Å². The standard InChI is InChI=1S/C16H14F3N5OS/c1-9-4-6-10(7-5-9)26-15-12(16(17,18)19)14(25-3)21-13(22-15)11-8-20-23-24(11)2/h4-8H,1-3H3. The Kier molecular flexibility index (Phi) is 4.86. The second kappa shape index (κ2) is 6.94. The summed E-state index contributed by atoms with van der Waals surface area (Å²) in [6.45, 7) is 1.90. The van der Waals surface area contributed by atoms with Crippen LogP contribution in [0, 0.1) is 6.92 Å². The fraction of sp³-hybridized carbons (Fsp3) is 0.250. The van der Waals surface area contributed by atoms with E-state index >= 15 is 0 Å². The summed E-state index contributed by atoms with van der Waals surface area (Å²) in [6.07, 6.45) is -3.29. The fourth-order valence-electron chi connectivity index (χ4n) is 2.21. The van der Waals surface area contributed by atoms with Crippen LogP contribution in [0.15, 0.2) is 40.4 Å². The van der Waals surface area contributed by atoms with Gasteiger partial charge in [-0.2, -0.15) is 18.2 Å². The first-order chi connectivity index (χ1) is 12.3. The van der Waals surface area contributed by atoms with Crippen molar-refractivity contribution < 1.29 is 17.9 Å². The highest BCUT2D eigenvalue weighted by Crippen LogP contribution is 2.43. The lowest BCUT2D eigenvalue weighted by Crippen LogP contribution is -2.13. The van der Waals surface area contributed by atoms with Crippen LogP contribution in [0.3, 0.4) is 0 Å². The molecule has 1 aromatic carbocycles. The number of alkyl halides is 3. The number of rotatable bonds is 4. The largest absolute Gasteiger partial charge is 0.480 e. The van der Waals surface area contributed by atoms with E-state index in [2.05, 4.69) is 20.3 Å². The molecule has 2 heterocycles. The Morgan fingerprint density at radius 3 is 2.35 bits per heavy atom. The van der Waals surface area contributed by atoms with Gasteiger partial charge in [0.15, 0.2) is 11.4 Å². The van der Waals surface area contributed by atoms with E-state index in [9.17, 15) is 13.2 Å². The molecule has 10 heteroatoms. The van der Waals surface area contributed by atoms with Gasteiger partial charge in [0.25, 0.3) is 0 Å². The maximum absolute atomic E-state index is 13.6. The van der Waals surface area contributed by atoms with Crippen molar-refractivity contribution in [3.05, 3.63) is 41.6 Å². The molecule has 0 saturated heterocycles. The molecule has 0 spiro atoms. The zero-order valence-electron chi connectivity index (χ0n) is 14.1. The quantitative estimate of drug-likeness (QED) is 0.641. The molecule has 2 aromatic heterocycles. The van der Waals surface area contributed by atoms with Gasteiger partial charge in [-0.1, -0.05) is 34.7 Å². The van der Waals surface area contributed by atoms with Crippen molar-refractivity contribution in [1.82, 2.24) is 25.0 Å². The molecule has 0 aliphatic heterocycles. The van der Waals surface area contributed by atoms with E-state index in [1.807, 2.05) is 19.1 Å². The highest BCUT2D eigenvalue weighted by Gasteiger charge is 2.40. The predicted molar refractivity (Wildman–Crippen MR) is 88.9 cm³/mol. The third-order valence-corrected chi connectivity index (χ3v) is 4.50. The van der Waals surface area contributed by atoms with E-state index in [0.29, 0.717) is 10.6 Å². The molecule has 0 N–H and O–H groups in total. The molecule has 0 bridgehead atoms. The Bertz CT molecular complexity index is 925. The van der Waals surface area contributed by atoms with E-state index in [1.54, 1.807) is 19.2 Å². The third-order valence-electron chi connectivity index (χ3n) is 3.50.